The fourth-order valence-corrected chi connectivity index (χ4v) is 6.15. The van der Waals surface area contributed by atoms with Crippen LogP contribution in [-0.4, -0.2) is 48.0 Å². The Bertz CT molecular complexity index is 1150. The summed E-state index contributed by atoms with van der Waals surface area (Å²) in [6, 6.07) is 5.74. The molecule has 0 radical (unpaired) electrons. The van der Waals surface area contributed by atoms with Crippen molar-refractivity contribution in [2.24, 2.45) is 5.41 Å². The van der Waals surface area contributed by atoms with Crippen molar-refractivity contribution in [3.8, 4) is 0 Å². The number of alkyl halides is 2. The number of nitrogens with zero attached hydrogens (tertiary/aromatic N) is 4. The second-order valence-corrected chi connectivity index (χ2v) is 11.5. The lowest BCUT2D eigenvalue weighted by Gasteiger charge is -2.35. The molecule has 186 valence electrons. The van der Waals surface area contributed by atoms with E-state index in [1.54, 1.807) is 0 Å². The van der Waals surface area contributed by atoms with E-state index in [9.17, 15) is 13.6 Å². The summed E-state index contributed by atoms with van der Waals surface area (Å²) in [4.78, 5) is 27.0. The van der Waals surface area contributed by atoms with Gasteiger partial charge in [-0.1, -0.05) is 15.9 Å². The molecule has 1 amide bonds. The first kappa shape index (κ1) is 23.1. The lowest BCUT2D eigenvalue weighted by atomic mass is 9.93. The molecule has 4 aliphatic rings. The Labute approximate surface area is 212 Å². The van der Waals surface area contributed by atoms with Gasteiger partial charge in [0.2, 0.25) is 5.95 Å². The van der Waals surface area contributed by atoms with Gasteiger partial charge in [0.15, 0.2) is 0 Å². The summed E-state index contributed by atoms with van der Waals surface area (Å²) in [7, 11) is 0. The smallest absolute Gasteiger partial charge is 0.260 e. The average Bonchev–Trinajstić information content (AvgIpc) is 3.41. The van der Waals surface area contributed by atoms with E-state index in [0.717, 1.165) is 53.8 Å². The van der Waals surface area contributed by atoms with Crippen LogP contribution in [0.2, 0.25) is 0 Å². The molecule has 2 aromatic rings. The molecule has 0 unspecified atom stereocenters. The summed E-state index contributed by atoms with van der Waals surface area (Å²) in [5.41, 5.74) is 4.04. The van der Waals surface area contributed by atoms with Crippen molar-refractivity contribution in [3.63, 3.8) is 0 Å². The van der Waals surface area contributed by atoms with Crippen LogP contribution in [0, 0.1) is 5.41 Å². The van der Waals surface area contributed by atoms with Crippen LogP contribution in [0.15, 0.2) is 22.7 Å². The summed E-state index contributed by atoms with van der Waals surface area (Å²) in [5, 5.41) is 2.93. The monoisotopic (exact) mass is 545 g/mol. The number of aryl methyl sites for hydroxylation is 1. The van der Waals surface area contributed by atoms with E-state index in [-0.39, 0.29) is 37.8 Å². The highest BCUT2D eigenvalue weighted by Gasteiger charge is 2.44. The van der Waals surface area contributed by atoms with E-state index in [1.165, 1.54) is 25.7 Å². The first-order valence-corrected chi connectivity index (χ1v) is 13.5. The Morgan fingerprint density at radius 1 is 0.943 bits per heavy atom. The largest absolute Gasteiger partial charge is 0.371 e. The highest BCUT2D eigenvalue weighted by atomic mass is 79.9. The van der Waals surface area contributed by atoms with Crippen molar-refractivity contribution in [1.29, 1.82) is 0 Å². The molecule has 1 N–H and O–H groups in total. The Morgan fingerprint density at radius 3 is 2.37 bits per heavy atom. The molecule has 1 saturated carbocycles. The van der Waals surface area contributed by atoms with E-state index in [4.69, 9.17) is 0 Å². The van der Waals surface area contributed by atoms with Crippen LogP contribution in [0.5, 0.6) is 0 Å². The van der Waals surface area contributed by atoms with Gasteiger partial charge in [-0.2, -0.15) is 4.98 Å². The van der Waals surface area contributed by atoms with Crippen LogP contribution in [0.4, 0.5) is 26.2 Å². The number of rotatable bonds is 4. The molecule has 2 saturated heterocycles. The summed E-state index contributed by atoms with van der Waals surface area (Å²) >= 11 is 3.57. The molecule has 0 bridgehead atoms. The molecule has 2 aliphatic heterocycles. The van der Waals surface area contributed by atoms with Crippen LogP contribution >= 0.6 is 15.9 Å². The number of carbonyl (C=O) groups excluding carboxylic acids is 1. The number of amides is 1. The van der Waals surface area contributed by atoms with Crippen molar-refractivity contribution in [2.45, 2.75) is 63.7 Å². The fraction of sp³-hybridized carbons (Fsp3) is 0.577. The van der Waals surface area contributed by atoms with Gasteiger partial charge in [0.1, 0.15) is 5.82 Å². The average molecular weight is 546 g/mol. The SMILES string of the molecule is O=C(Nc1nc2c(c(N3CCC(F)(F)CC3)n1)CCC2)c1ccc(Br)cc1N1CCC2(CC1)CC2. The first-order valence-electron chi connectivity index (χ1n) is 12.7. The Balaban J connectivity index is 1.25. The number of benzene rings is 1. The standard InChI is InChI=1S/C26H30BrF2N5O/c27-17-4-5-19(21(16-17)33-12-8-25(6-7-25)9-13-33)23(35)32-24-30-20-3-1-2-18(20)22(31-24)34-14-10-26(28,29)11-15-34/h4-5,16H,1-3,6-15H2,(H,30,31,32,35). The molecule has 2 aliphatic carbocycles. The summed E-state index contributed by atoms with van der Waals surface area (Å²) in [6.07, 6.45) is 7.29. The molecular weight excluding hydrogens is 516 g/mol. The van der Waals surface area contributed by atoms with Crippen LogP contribution in [0.1, 0.15) is 66.6 Å². The van der Waals surface area contributed by atoms with Crippen LogP contribution in [-0.2, 0) is 12.8 Å². The van der Waals surface area contributed by atoms with Crippen molar-refractivity contribution < 1.29 is 13.6 Å². The van der Waals surface area contributed by atoms with E-state index in [1.807, 2.05) is 23.1 Å². The maximum absolute atomic E-state index is 13.7. The number of aromatic nitrogens is 2. The first-order chi connectivity index (χ1) is 16.8. The number of hydrogen-bond donors (Lipinski definition) is 1. The molecule has 6 nitrogen and oxygen atoms in total. The van der Waals surface area contributed by atoms with Gasteiger partial charge in [-0.25, -0.2) is 13.8 Å². The molecule has 1 spiro atoms. The Hall–Kier alpha value is -2.29. The number of carbonyl (C=O) groups is 1. The number of hydrogen-bond acceptors (Lipinski definition) is 5. The van der Waals surface area contributed by atoms with Crippen LogP contribution in [0.3, 0.4) is 0 Å². The molecule has 1 aromatic carbocycles. The van der Waals surface area contributed by atoms with Gasteiger partial charge >= 0.3 is 0 Å². The molecule has 6 rings (SSSR count). The maximum Gasteiger partial charge on any atom is 0.260 e. The van der Waals surface area contributed by atoms with Gasteiger partial charge in [-0.15, -0.1) is 0 Å². The van der Waals surface area contributed by atoms with E-state index in [0.29, 0.717) is 16.8 Å². The second kappa shape index (κ2) is 8.68. The third-order valence-corrected chi connectivity index (χ3v) is 8.75. The molecule has 35 heavy (non-hydrogen) atoms. The van der Waals surface area contributed by atoms with Gasteiger partial charge in [-0.3, -0.25) is 10.1 Å². The Kier molecular flexibility index (Phi) is 5.73. The Morgan fingerprint density at radius 2 is 1.66 bits per heavy atom. The minimum atomic E-state index is -2.62. The second-order valence-electron chi connectivity index (χ2n) is 10.6. The minimum Gasteiger partial charge on any atom is -0.371 e. The predicted molar refractivity (Wildman–Crippen MR) is 136 cm³/mol. The summed E-state index contributed by atoms with van der Waals surface area (Å²) < 4.78 is 28.4. The van der Waals surface area contributed by atoms with E-state index >= 15 is 0 Å². The molecule has 1 aromatic heterocycles. The van der Waals surface area contributed by atoms with Crippen LogP contribution < -0.4 is 15.1 Å². The highest BCUT2D eigenvalue weighted by molar-refractivity contribution is 9.10. The molecule has 9 heteroatoms. The fourth-order valence-electron chi connectivity index (χ4n) is 5.80. The van der Waals surface area contributed by atoms with Crippen molar-refractivity contribution >= 4 is 39.3 Å². The van der Waals surface area contributed by atoms with Gasteiger partial charge in [-0.05, 0) is 68.6 Å². The molecular formula is C26H30BrF2N5O. The predicted octanol–water partition coefficient (Wildman–Crippen LogP) is 5.60. The van der Waals surface area contributed by atoms with Gasteiger partial charge in [0, 0.05) is 49.1 Å². The zero-order chi connectivity index (χ0) is 24.2. The zero-order valence-electron chi connectivity index (χ0n) is 19.8. The summed E-state index contributed by atoms with van der Waals surface area (Å²) in [6.45, 7) is 2.43. The van der Waals surface area contributed by atoms with E-state index < -0.39 is 5.92 Å². The maximum atomic E-state index is 13.7. The van der Waals surface area contributed by atoms with Crippen LogP contribution in [0.25, 0.3) is 0 Å². The highest BCUT2D eigenvalue weighted by Crippen LogP contribution is 2.54. The lowest BCUT2D eigenvalue weighted by Crippen LogP contribution is -2.40. The molecule has 0 atom stereocenters. The topological polar surface area (TPSA) is 61.4 Å². The quantitative estimate of drug-likeness (QED) is 0.542. The number of nitrogens with one attached hydrogen (secondary N) is 1. The minimum absolute atomic E-state index is 0.174. The number of anilines is 3. The van der Waals surface area contributed by atoms with Crippen molar-refractivity contribution in [1.82, 2.24) is 9.97 Å². The number of piperidine rings is 2. The third-order valence-electron chi connectivity index (χ3n) is 8.26. The third kappa shape index (κ3) is 4.63. The van der Waals surface area contributed by atoms with Gasteiger partial charge in [0.25, 0.3) is 11.8 Å². The van der Waals surface area contributed by atoms with Gasteiger partial charge < -0.3 is 9.80 Å². The lowest BCUT2D eigenvalue weighted by molar-refractivity contribution is -0.0221. The summed E-state index contributed by atoms with van der Waals surface area (Å²) in [5.74, 6) is -1.89. The number of fused-ring (bicyclic) bond motifs is 1. The van der Waals surface area contributed by atoms with Crippen molar-refractivity contribution in [2.75, 3.05) is 41.3 Å². The van der Waals surface area contributed by atoms with Crippen molar-refractivity contribution in [3.05, 3.63) is 39.5 Å². The zero-order valence-corrected chi connectivity index (χ0v) is 21.3. The molecule has 3 heterocycles. The molecule has 3 fully saturated rings. The van der Waals surface area contributed by atoms with E-state index in [2.05, 4.69) is 36.1 Å². The normalized spacial score (nSPS) is 22.3. The number of halogens is 3. The van der Waals surface area contributed by atoms with Gasteiger partial charge in [0.05, 0.1) is 16.9 Å².